The van der Waals surface area contributed by atoms with Crippen LogP contribution in [0.1, 0.15) is 17.6 Å². The molecule has 0 radical (unpaired) electrons. The Balaban J connectivity index is 2.14. The smallest absolute Gasteiger partial charge is 0.176 e. The summed E-state index contributed by atoms with van der Waals surface area (Å²) in [6.45, 7) is 0. The molecule has 2 aromatic rings. The van der Waals surface area contributed by atoms with E-state index < -0.39 is 0 Å². The molecule has 0 aliphatic heterocycles. The molecule has 0 fully saturated rings. The largest absolute Gasteiger partial charge is 0.322 e. The van der Waals surface area contributed by atoms with Crippen molar-refractivity contribution in [2.24, 2.45) is 12.8 Å². The normalized spacial score (nSPS) is 12.7. The van der Waals surface area contributed by atoms with Crippen LogP contribution < -0.4 is 5.73 Å². The molecule has 16 heavy (non-hydrogen) atoms. The quantitative estimate of drug-likeness (QED) is 0.892. The molecule has 0 bridgehead atoms. The minimum absolute atomic E-state index is 0.236. The molecule has 0 aromatic carbocycles. The molecule has 2 heterocycles. The highest BCUT2D eigenvalue weighted by atomic mass is 79.9. The molecule has 2 rings (SSSR count). The van der Waals surface area contributed by atoms with Gasteiger partial charge in [-0.15, -0.1) is 10.2 Å². The molecular formula is C9H11BrN6. The summed E-state index contributed by atoms with van der Waals surface area (Å²) in [5.74, 6) is 0.618. The molecule has 2 N–H and O–H groups in total. The van der Waals surface area contributed by atoms with Gasteiger partial charge in [0.25, 0.3) is 0 Å². The maximum atomic E-state index is 6.03. The van der Waals surface area contributed by atoms with E-state index in [1.807, 2.05) is 12.1 Å². The van der Waals surface area contributed by atoms with Gasteiger partial charge in [0, 0.05) is 17.1 Å². The third-order valence-electron chi connectivity index (χ3n) is 2.09. The first kappa shape index (κ1) is 11.2. The lowest BCUT2D eigenvalue weighted by atomic mass is 10.1. The molecule has 0 aliphatic rings. The average molecular weight is 283 g/mol. The zero-order valence-corrected chi connectivity index (χ0v) is 10.3. The summed E-state index contributed by atoms with van der Waals surface area (Å²) in [7, 11) is 1.72. The SMILES string of the molecule is Cn1nnc(CC(N)c2ncccc2Br)n1. The number of aromatic nitrogens is 5. The van der Waals surface area contributed by atoms with E-state index in [4.69, 9.17) is 5.73 Å². The Labute approximate surface area is 101 Å². The fourth-order valence-electron chi connectivity index (χ4n) is 1.37. The molecule has 1 atom stereocenters. The molecule has 1 unspecified atom stereocenters. The predicted octanol–water partition coefficient (Wildman–Crippen LogP) is 0.610. The van der Waals surface area contributed by atoms with Crippen molar-refractivity contribution in [1.82, 2.24) is 25.2 Å². The van der Waals surface area contributed by atoms with Crippen LogP contribution in [0.25, 0.3) is 0 Å². The Hall–Kier alpha value is -1.34. The summed E-state index contributed by atoms with van der Waals surface area (Å²) in [5.41, 5.74) is 6.83. The lowest BCUT2D eigenvalue weighted by Crippen LogP contribution is -2.16. The van der Waals surface area contributed by atoms with E-state index in [0.717, 1.165) is 10.2 Å². The maximum absolute atomic E-state index is 6.03. The van der Waals surface area contributed by atoms with Crippen molar-refractivity contribution in [3.05, 3.63) is 34.3 Å². The molecule has 0 amide bonds. The van der Waals surface area contributed by atoms with Crippen LogP contribution in [-0.4, -0.2) is 25.2 Å². The van der Waals surface area contributed by atoms with Crippen LogP contribution in [0.15, 0.2) is 22.8 Å². The van der Waals surface area contributed by atoms with E-state index in [-0.39, 0.29) is 6.04 Å². The Morgan fingerprint density at radius 2 is 2.38 bits per heavy atom. The molecule has 0 saturated heterocycles. The number of hydrogen-bond donors (Lipinski definition) is 1. The Morgan fingerprint density at radius 3 is 3.00 bits per heavy atom. The second-order valence-electron chi connectivity index (χ2n) is 3.38. The van der Waals surface area contributed by atoms with Gasteiger partial charge in [-0.05, 0) is 33.3 Å². The number of tetrazole rings is 1. The second kappa shape index (κ2) is 4.67. The molecule has 0 aliphatic carbocycles. The third kappa shape index (κ3) is 2.42. The van der Waals surface area contributed by atoms with E-state index in [1.165, 1.54) is 4.80 Å². The molecular weight excluding hydrogens is 272 g/mol. The monoisotopic (exact) mass is 282 g/mol. The van der Waals surface area contributed by atoms with Gasteiger partial charge in [0.2, 0.25) is 0 Å². The standard InChI is InChI=1S/C9H11BrN6/c1-16-14-8(13-15-16)5-7(11)9-6(10)3-2-4-12-9/h2-4,7H,5,11H2,1H3. The lowest BCUT2D eigenvalue weighted by molar-refractivity contribution is 0.620. The van der Waals surface area contributed by atoms with Crippen molar-refractivity contribution >= 4 is 15.9 Å². The lowest BCUT2D eigenvalue weighted by Gasteiger charge is -2.09. The summed E-state index contributed by atoms with van der Waals surface area (Å²) in [5, 5.41) is 11.7. The molecule has 0 spiro atoms. The maximum Gasteiger partial charge on any atom is 0.176 e. The summed E-state index contributed by atoms with van der Waals surface area (Å²) in [4.78, 5) is 5.64. The predicted molar refractivity (Wildman–Crippen MR) is 61.4 cm³/mol. The van der Waals surface area contributed by atoms with Gasteiger partial charge >= 0.3 is 0 Å². The number of nitrogens with two attached hydrogens (primary N) is 1. The van der Waals surface area contributed by atoms with Crippen molar-refractivity contribution in [2.45, 2.75) is 12.5 Å². The fourth-order valence-corrected chi connectivity index (χ4v) is 1.92. The minimum atomic E-state index is -0.236. The Bertz CT molecular complexity index is 482. The van der Waals surface area contributed by atoms with E-state index in [0.29, 0.717) is 12.2 Å². The van der Waals surface area contributed by atoms with Crippen molar-refractivity contribution in [3.63, 3.8) is 0 Å². The van der Waals surface area contributed by atoms with E-state index in [1.54, 1.807) is 13.2 Å². The van der Waals surface area contributed by atoms with Crippen LogP contribution in [-0.2, 0) is 13.5 Å². The fraction of sp³-hybridized carbons (Fsp3) is 0.333. The highest BCUT2D eigenvalue weighted by Crippen LogP contribution is 2.20. The van der Waals surface area contributed by atoms with Crippen molar-refractivity contribution in [2.75, 3.05) is 0 Å². The topological polar surface area (TPSA) is 82.5 Å². The first-order valence-corrected chi connectivity index (χ1v) is 5.55. The van der Waals surface area contributed by atoms with Gasteiger partial charge in [-0.3, -0.25) is 4.98 Å². The average Bonchev–Trinajstić information content (AvgIpc) is 2.64. The second-order valence-corrected chi connectivity index (χ2v) is 4.23. The Kier molecular flexibility index (Phi) is 3.25. The first-order valence-electron chi connectivity index (χ1n) is 4.75. The third-order valence-corrected chi connectivity index (χ3v) is 2.76. The van der Waals surface area contributed by atoms with Crippen LogP contribution in [0, 0.1) is 0 Å². The van der Waals surface area contributed by atoms with Crippen molar-refractivity contribution < 1.29 is 0 Å². The van der Waals surface area contributed by atoms with E-state index >= 15 is 0 Å². The molecule has 84 valence electrons. The highest BCUT2D eigenvalue weighted by molar-refractivity contribution is 9.10. The summed E-state index contributed by atoms with van der Waals surface area (Å²) < 4.78 is 0.895. The number of hydrogen-bond acceptors (Lipinski definition) is 5. The van der Waals surface area contributed by atoms with Gasteiger partial charge in [-0.2, -0.15) is 4.80 Å². The van der Waals surface area contributed by atoms with E-state index in [9.17, 15) is 0 Å². The van der Waals surface area contributed by atoms with E-state index in [2.05, 4.69) is 36.3 Å². The van der Waals surface area contributed by atoms with Gasteiger partial charge in [0.15, 0.2) is 5.82 Å². The molecule has 7 heteroatoms. The van der Waals surface area contributed by atoms with Gasteiger partial charge in [0.05, 0.1) is 18.8 Å². The first-order chi connectivity index (χ1) is 7.66. The highest BCUT2D eigenvalue weighted by Gasteiger charge is 2.14. The van der Waals surface area contributed by atoms with Crippen LogP contribution in [0.3, 0.4) is 0 Å². The van der Waals surface area contributed by atoms with Crippen molar-refractivity contribution in [1.29, 1.82) is 0 Å². The van der Waals surface area contributed by atoms with Gasteiger partial charge in [-0.25, -0.2) is 0 Å². The van der Waals surface area contributed by atoms with Crippen molar-refractivity contribution in [3.8, 4) is 0 Å². The Morgan fingerprint density at radius 1 is 1.56 bits per heavy atom. The summed E-state index contributed by atoms with van der Waals surface area (Å²) >= 11 is 3.41. The molecule has 6 nitrogen and oxygen atoms in total. The number of rotatable bonds is 3. The minimum Gasteiger partial charge on any atom is -0.322 e. The number of halogens is 1. The summed E-state index contributed by atoms with van der Waals surface area (Å²) in [6.07, 6.45) is 2.23. The van der Waals surface area contributed by atoms with Gasteiger partial charge in [-0.1, -0.05) is 0 Å². The van der Waals surface area contributed by atoms with Gasteiger partial charge < -0.3 is 5.73 Å². The number of pyridine rings is 1. The molecule has 2 aromatic heterocycles. The zero-order chi connectivity index (χ0) is 11.5. The van der Waals surface area contributed by atoms with Crippen LogP contribution in [0.5, 0.6) is 0 Å². The zero-order valence-electron chi connectivity index (χ0n) is 8.71. The van der Waals surface area contributed by atoms with Crippen LogP contribution >= 0.6 is 15.9 Å². The van der Waals surface area contributed by atoms with Crippen LogP contribution in [0.2, 0.25) is 0 Å². The number of nitrogens with zero attached hydrogens (tertiary/aromatic N) is 5. The number of aryl methyl sites for hydroxylation is 1. The molecule has 0 saturated carbocycles. The van der Waals surface area contributed by atoms with Gasteiger partial charge in [0.1, 0.15) is 0 Å². The summed E-state index contributed by atoms with van der Waals surface area (Å²) in [6, 6.07) is 3.52. The van der Waals surface area contributed by atoms with Crippen LogP contribution in [0.4, 0.5) is 0 Å².